The maximum atomic E-state index is 9.59. The van der Waals surface area contributed by atoms with E-state index >= 15 is 0 Å². The molecule has 0 spiro atoms. The fourth-order valence-electron chi connectivity index (χ4n) is 4.50. The SMILES string of the molecule is CCCNC1(C#N)CCC(N2CCC(N3CCCC3)C2)C1. The van der Waals surface area contributed by atoms with E-state index in [1.165, 1.54) is 51.9 Å². The maximum Gasteiger partial charge on any atom is 0.108 e. The molecule has 0 aromatic rings. The molecule has 1 aliphatic carbocycles. The van der Waals surface area contributed by atoms with Gasteiger partial charge in [-0.05, 0) is 64.6 Å². The van der Waals surface area contributed by atoms with E-state index < -0.39 is 0 Å². The molecule has 4 heteroatoms. The first-order valence-electron chi connectivity index (χ1n) is 8.91. The second kappa shape index (κ2) is 6.64. The average molecular weight is 290 g/mol. The zero-order valence-corrected chi connectivity index (χ0v) is 13.5. The molecular weight excluding hydrogens is 260 g/mol. The smallest absolute Gasteiger partial charge is 0.108 e. The summed E-state index contributed by atoms with van der Waals surface area (Å²) in [7, 11) is 0. The highest BCUT2D eigenvalue weighted by Crippen LogP contribution is 2.35. The van der Waals surface area contributed by atoms with E-state index in [9.17, 15) is 5.26 Å². The Kier molecular flexibility index (Phi) is 4.83. The molecule has 2 heterocycles. The molecule has 0 amide bonds. The molecule has 0 radical (unpaired) electrons. The van der Waals surface area contributed by atoms with Gasteiger partial charge in [0, 0.05) is 25.2 Å². The molecule has 0 aromatic heterocycles. The molecule has 0 bridgehead atoms. The molecule has 3 atom stereocenters. The van der Waals surface area contributed by atoms with Gasteiger partial charge in [0.25, 0.3) is 0 Å². The number of hydrogen-bond acceptors (Lipinski definition) is 4. The second-order valence-electron chi connectivity index (χ2n) is 7.20. The normalized spacial score (nSPS) is 38.1. The summed E-state index contributed by atoms with van der Waals surface area (Å²) in [5.41, 5.74) is -0.244. The van der Waals surface area contributed by atoms with E-state index in [-0.39, 0.29) is 5.54 Å². The summed E-state index contributed by atoms with van der Waals surface area (Å²) in [6.45, 7) is 8.23. The van der Waals surface area contributed by atoms with Crippen molar-refractivity contribution in [1.29, 1.82) is 5.26 Å². The molecule has 118 valence electrons. The number of nitriles is 1. The molecule has 3 fully saturated rings. The van der Waals surface area contributed by atoms with Crippen LogP contribution in [0.4, 0.5) is 0 Å². The number of nitrogens with zero attached hydrogens (tertiary/aromatic N) is 3. The Balaban J connectivity index is 1.53. The van der Waals surface area contributed by atoms with E-state index in [0.717, 1.165) is 31.8 Å². The zero-order valence-electron chi connectivity index (χ0n) is 13.5. The minimum Gasteiger partial charge on any atom is -0.299 e. The van der Waals surface area contributed by atoms with Crippen LogP contribution in [0.15, 0.2) is 0 Å². The lowest BCUT2D eigenvalue weighted by atomic mass is 9.99. The van der Waals surface area contributed by atoms with E-state index in [4.69, 9.17) is 0 Å². The van der Waals surface area contributed by atoms with Crippen LogP contribution < -0.4 is 5.32 Å². The summed E-state index contributed by atoms with van der Waals surface area (Å²) >= 11 is 0. The van der Waals surface area contributed by atoms with Gasteiger partial charge in [-0.25, -0.2) is 0 Å². The van der Waals surface area contributed by atoms with Gasteiger partial charge in [0.1, 0.15) is 5.54 Å². The van der Waals surface area contributed by atoms with Gasteiger partial charge in [-0.1, -0.05) is 6.92 Å². The van der Waals surface area contributed by atoms with Gasteiger partial charge in [0.2, 0.25) is 0 Å². The molecule has 3 unspecified atom stereocenters. The maximum absolute atomic E-state index is 9.59. The Morgan fingerprint density at radius 1 is 1.14 bits per heavy atom. The Labute approximate surface area is 129 Å². The largest absolute Gasteiger partial charge is 0.299 e. The van der Waals surface area contributed by atoms with Gasteiger partial charge >= 0.3 is 0 Å². The van der Waals surface area contributed by atoms with Gasteiger partial charge in [-0.15, -0.1) is 0 Å². The molecule has 3 rings (SSSR count). The quantitative estimate of drug-likeness (QED) is 0.840. The Bertz CT molecular complexity index is 385. The van der Waals surface area contributed by atoms with Gasteiger partial charge in [-0.2, -0.15) is 5.26 Å². The fraction of sp³-hybridized carbons (Fsp3) is 0.941. The van der Waals surface area contributed by atoms with Gasteiger partial charge in [-0.3, -0.25) is 15.1 Å². The van der Waals surface area contributed by atoms with Crippen molar-refractivity contribution in [1.82, 2.24) is 15.1 Å². The van der Waals surface area contributed by atoms with Crippen LogP contribution in [-0.4, -0.2) is 60.1 Å². The summed E-state index contributed by atoms with van der Waals surface area (Å²) in [5.74, 6) is 0. The molecule has 1 N–H and O–H groups in total. The lowest BCUT2D eigenvalue weighted by Crippen LogP contribution is -2.44. The predicted octanol–water partition coefficient (Wildman–Crippen LogP) is 1.97. The Morgan fingerprint density at radius 2 is 1.95 bits per heavy atom. The van der Waals surface area contributed by atoms with Gasteiger partial charge in [0.05, 0.1) is 6.07 Å². The van der Waals surface area contributed by atoms with E-state index in [0.29, 0.717) is 6.04 Å². The number of rotatable bonds is 5. The van der Waals surface area contributed by atoms with Crippen molar-refractivity contribution in [2.45, 2.75) is 69.5 Å². The van der Waals surface area contributed by atoms with Crippen LogP contribution in [-0.2, 0) is 0 Å². The Hall–Kier alpha value is -0.630. The molecular formula is C17H30N4. The van der Waals surface area contributed by atoms with Crippen molar-refractivity contribution in [2.75, 3.05) is 32.7 Å². The van der Waals surface area contributed by atoms with Crippen LogP contribution in [0.2, 0.25) is 0 Å². The molecule has 1 saturated carbocycles. The minimum absolute atomic E-state index is 0.244. The first-order chi connectivity index (χ1) is 10.3. The van der Waals surface area contributed by atoms with Crippen LogP contribution >= 0.6 is 0 Å². The molecule has 2 aliphatic heterocycles. The minimum atomic E-state index is -0.244. The first-order valence-corrected chi connectivity index (χ1v) is 8.91. The standard InChI is InChI=1S/C17H30N4/c1-2-8-19-17(14-18)7-5-15(12-17)21-11-6-16(13-21)20-9-3-4-10-20/h15-16,19H,2-13H2,1H3. The van der Waals surface area contributed by atoms with Crippen LogP contribution in [0.3, 0.4) is 0 Å². The predicted molar refractivity (Wildman–Crippen MR) is 85.1 cm³/mol. The third-order valence-corrected chi connectivity index (χ3v) is 5.78. The third-order valence-electron chi connectivity index (χ3n) is 5.78. The zero-order chi connectivity index (χ0) is 14.7. The third kappa shape index (κ3) is 3.26. The van der Waals surface area contributed by atoms with Crippen LogP contribution in [0, 0.1) is 11.3 Å². The van der Waals surface area contributed by atoms with E-state index in [1.54, 1.807) is 0 Å². The first kappa shape index (κ1) is 15.3. The summed E-state index contributed by atoms with van der Waals surface area (Å²) < 4.78 is 0. The van der Waals surface area contributed by atoms with Crippen molar-refractivity contribution in [3.8, 4) is 6.07 Å². The highest BCUT2D eigenvalue weighted by molar-refractivity contribution is 5.14. The summed E-state index contributed by atoms with van der Waals surface area (Å²) in [6, 6.07) is 4.00. The van der Waals surface area contributed by atoms with Crippen molar-refractivity contribution < 1.29 is 0 Å². The van der Waals surface area contributed by atoms with E-state index in [2.05, 4.69) is 28.1 Å². The van der Waals surface area contributed by atoms with Gasteiger partial charge in [0.15, 0.2) is 0 Å². The molecule has 0 aromatic carbocycles. The highest BCUT2D eigenvalue weighted by Gasteiger charge is 2.43. The van der Waals surface area contributed by atoms with Crippen molar-refractivity contribution in [3.63, 3.8) is 0 Å². The highest BCUT2D eigenvalue weighted by atomic mass is 15.3. The Morgan fingerprint density at radius 3 is 2.67 bits per heavy atom. The lowest BCUT2D eigenvalue weighted by Gasteiger charge is -2.28. The second-order valence-corrected chi connectivity index (χ2v) is 7.20. The number of hydrogen-bond donors (Lipinski definition) is 1. The van der Waals surface area contributed by atoms with Gasteiger partial charge < -0.3 is 0 Å². The number of likely N-dealkylation sites (tertiary alicyclic amines) is 2. The lowest BCUT2D eigenvalue weighted by molar-refractivity contribution is 0.196. The molecule has 21 heavy (non-hydrogen) atoms. The summed E-state index contributed by atoms with van der Waals surface area (Å²) in [5, 5.41) is 13.1. The van der Waals surface area contributed by atoms with Crippen LogP contribution in [0.5, 0.6) is 0 Å². The van der Waals surface area contributed by atoms with E-state index in [1.807, 2.05) is 0 Å². The van der Waals surface area contributed by atoms with Crippen LogP contribution in [0.1, 0.15) is 51.9 Å². The van der Waals surface area contributed by atoms with Crippen LogP contribution in [0.25, 0.3) is 0 Å². The van der Waals surface area contributed by atoms with Crippen molar-refractivity contribution in [2.24, 2.45) is 0 Å². The number of nitrogens with one attached hydrogen (secondary N) is 1. The topological polar surface area (TPSA) is 42.3 Å². The summed E-state index contributed by atoms with van der Waals surface area (Å²) in [6.07, 6.45) is 8.45. The van der Waals surface area contributed by atoms with Crippen molar-refractivity contribution in [3.05, 3.63) is 0 Å². The molecule has 4 nitrogen and oxygen atoms in total. The monoisotopic (exact) mass is 290 g/mol. The molecule has 2 saturated heterocycles. The average Bonchev–Trinajstić information content (AvgIpc) is 3.23. The summed E-state index contributed by atoms with van der Waals surface area (Å²) in [4.78, 5) is 5.37. The van der Waals surface area contributed by atoms with Crippen molar-refractivity contribution >= 4 is 0 Å². The molecule has 3 aliphatic rings. The fourth-order valence-corrected chi connectivity index (χ4v) is 4.50.